The molecule has 0 aliphatic carbocycles. The Bertz CT molecular complexity index is 232. The molecular formula is C7H11BrN2O3. The molecule has 0 unspecified atom stereocenters. The van der Waals surface area contributed by atoms with Crippen molar-refractivity contribution in [2.24, 2.45) is 10.9 Å². The second-order valence-electron chi connectivity index (χ2n) is 2.76. The van der Waals surface area contributed by atoms with Crippen LogP contribution in [0.4, 0.5) is 0 Å². The Kier molecular flexibility index (Phi) is 3.68. The summed E-state index contributed by atoms with van der Waals surface area (Å²) in [4.78, 5) is 15.9. The maximum atomic E-state index is 10.9. The molecule has 0 spiro atoms. The largest absolute Gasteiger partial charge is 0.468 e. The molecule has 0 aromatic rings. The first-order valence-electron chi connectivity index (χ1n) is 3.85. The van der Waals surface area contributed by atoms with Crippen LogP contribution in [0, 0.1) is 0 Å². The molecule has 0 aromatic heterocycles. The third-order valence-electron chi connectivity index (χ3n) is 1.72. The summed E-state index contributed by atoms with van der Waals surface area (Å²) in [6.07, 6.45) is 0.958. The van der Waals surface area contributed by atoms with Crippen LogP contribution in [0.2, 0.25) is 0 Å². The van der Waals surface area contributed by atoms with Gasteiger partial charge >= 0.3 is 5.97 Å². The molecule has 74 valence electrons. The molecule has 0 saturated carbocycles. The third kappa shape index (κ3) is 2.96. The zero-order valence-electron chi connectivity index (χ0n) is 7.20. The van der Waals surface area contributed by atoms with E-state index in [1.165, 1.54) is 7.11 Å². The van der Waals surface area contributed by atoms with Gasteiger partial charge in [-0.1, -0.05) is 5.16 Å². The second kappa shape index (κ2) is 4.57. The fourth-order valence-electron chi connectivity index (χ4n) is 1.05. The number of halogens is 1. The van der Waals surface area contributed by atoms with E-state index in [1.54, 1.807) is 0 Å². The highest BCUT2D eigenvalue weighted by Gasteiger charge is 2.25. The van der Waals surface area contributed by atoms with Crippen molar-refractivity contribution in [2.45, 2.75) is 25.0 Å². The highest BCUT2D eigenvalue weighted by atomic mass is 79.9. The van der Waals surface area contributed by atoms with Gasteiger partial charge < -0.3 is 15.3 Å². The van der Waals surface area contributed by atoms with Crippen LogP contribution < -0.4 is 5.73 Å². The molecule has 1 rings (SSSR count). The Morgan fingerprint density at radius 1 is 2.00 bits per heavy atom. The van der Waals surface area contributed by atoms with Crippen molar-refractivity contribution in [3.63, 3.8) is 0 Å². The predicted octanol–water partition coefficient (Wildman–Crippen LogP) is 0.374. The fourth-order valence-corrected chi connectivity index (χ4v) is 1.50. The first kappa shape index (κ1) is 10.5. The Morgan fingerprint density at radius 2 is 2.69 bits per heavy atom. The van der Waals surface area contributed by atoms with E-state index in [4.69, 9.17) is 10.6 Å². The standard InChI is InChI=1S/C7H11BrN2O3/c1-12-7(11)5(9)2-4-3-6(8)10-13-4/h4-5H,2-3,9H2,1H3/t4-,5-/m1/s1. The van der Waals surface area contributed by atoms with Gasteiger partial charge in [0.15, 0.2) is 0 Å². The van der Waals surface area contributed by atoms with Crippen molar-refractivity contribution in [1.82, 2.24) is 0 Å². The molecular weight excluding hydrogens is 240 g/mol. The third-order valence-corrected chi connectivity index (χ3v) is 2.19. The van der Waals surface area contributed by atoms with Crippen LogP contribution in [0.5, 0.6) is 0 Å². The van der Waals surface area contributed by atoms with Gasteiger partial charge in [-0.25, -0.2) is 0 Å². The summed E-state index contributed by atoms with van der Waals surface area (Å²) in [7, 11) is 1.31. The number of hydrogen-bond donors (Lipinski definition) is 1. The molecule has 1 aliphatic heterocycles. The molecule has 0 radical (unpaired) electrons. The lowest BCUT2D eigenvalue weighted by Crippen LogP contribution is -2.35. The Morgan fingerprint density at radius 3 is 3.15 bits per heavy atom. The Labute approximate surface area is 84.4 Å². The lowest BCUT2D eigenvalue weighted by Gasteiger charge is -2.12. The number of hydrogen-bond acceptors (Lipinski definition) is 5. The molecule has 0 aromatic carbocycles. The Hall–Kier alpha value is -0.620. The second-order valence-corrected chi connectivity index (χ2v) is 3.68. The van der Waals surface area contributed by atoms with Gasteiger partial charge in [0, 0.05) is 12.8 Å². The van der Waals surface area contributed by atoms with Crippen molar-refractivity contribution >= 4 is 26.5 Å². The van der Waals surface area contributed by atoms with Crippen LogP contribution in [0.25, 0.3) is 0 Å². The van der Waals surface area contributed by atoms with Crippen LogP contribution in [0.1, 0.15) is 12.8 Å². The van der Waals surface area contributed by atoms with Crippen molar-refractivity contribution in [2.75, 3.05) is 7.11 Å². The SMILES string of the molecule is COC(=O)[C@H](N)C[C@@H]1CC(Br)=NO1. The number of nitrogens with two attached hydrogens (primary N) is 1. The molecule has 0 amide bonds. The number of esters is 1. The van der Waals surface area contributed by atoms with E-state index in [0.29, 0.717) is 12.8 Å². The van der Waals surface area contributed by atoms with Crippen molar-refractivity contribution < 1.29 is 14.4 Å². The van der Waals surface area contributed by atoms with Gasteiger partial charge in [0.1, 0.15) is 16.8 Å². The van der Waals surface area contributed by atoms with Gasteiger partial charge in [0.05, 0.1) is 7.11 Å². The number of ether oxygens (including phenoxy) is 1. The van der Waals surface area contributed by atoms with Gasteiger partial charge in [-0.3, -0.25) is 4.79 Å². The highest BCUT2D eigenvalue weighted by molar-refractivity contribution is 9.18. The van der Waals surface area contributed by atoms with Gasteiger partial charge in [-0.05, 0) is 15.9 Å². The highest BCUT2D eigenvalue weighted by Crippen LogP contribution is 2.18. The van der Waals surface area contributed by atoms with Gasteiger partial charge in [0.2, 0.25) is 0 Å². The first-order chi connectivity index (χ1) is 6.13. The van der Waals surface area contributed by atoms with E-state index in [0.717, 1.165) is 4.62 Å². The monoisotopic (exact) mass is 250 g/mol. The smallest absolute Gasteiger partial charge is 0.322 e. The van der Waals surface area contributed by atoms with Crippen molar-refractivity contribution in [1.29, 1.82) is 0 Å². The summed E-state index contributed by atoms with van der Waals surface area (Å²) in [5, 5.41) is 3.68. The van der Waals surface area contributed by atoms with E-state index >= 15 is 0 Å². The fraction of sp³-hybridized carbons (Fsp3) is 0.714. The minimum Gasteiger partial charge on any atom is -0.468 e. The maximum absolute atomic E-state index is 10.9. The van der Waals surface area contributed by atoms with E-state index in [-0.39, 0.29) is 6.10 Å². The van der Waals surface area contributed by atoms with Crippen LogP contribution in [-0.2, 0) is 14.4 Å². The van der Waals surface area contributed by atoms with Crippen LogP contribution in [-0.4, -0.2) is 29.8 Å². The van der Waals surface area contributed by atoms with Gasteiger partial charge in [0.25, 0.3) is 0 Å². The summed E-state index contributed by atoms with van der Waals surface area (Å²) in [5.74, 6) is -0.424. The molecule has 0 fully saturated rings. The zero-order valence-corrected chi connectivity index (χ0v) is 8.78. The lowest BCUT2D eigenvalue weighted by molar-refractivity contribution is -0.143. The number of nitrogens with zero attached hydrogens (tertiary/aromatic N) is 1. The van der Waals surface area contributed by atoms with Crippen molar-refractivity contribution in [3.8, 4) is 0 Å². The molecule has 6 heteroatoms. The Balaban J connectivity index is 2.30. The lowest BCUT2D eigenvalue weighted by atomic mass is 10.1. The molecule has 5 nitrogen and oxygen atoms in total. The summed E-state index contributed by atoms with van der Waals surface area (Å²) in [5.41, 5.74) is 5.53. The summed E-state index contributed by atoms with van der Waals surface area (Å²) in [6.45, 7) is 0. The van der Waals surface area contributed by atoms with Gasteiger partial charge in [-0.2, -0.15) is 0 Å². The average molecular weight is 251 g/mol. The van der Waals surface area contributed by atoms with Crippen LogP contribution >= 0.6 is 15.9 Å². The van der Waals surface area contributed by atoms with E-state index in [1.807, 2.05) is 0 Å². The average Bonchev–Trinajstić information content (AvgIpc) is 2.49. The van der Waals surface area contributed by atoms with E-state index in [9.17, 15) is 4.79 Å². The predicted molar refractivity (Wildman–Crippen MR) is 50.5 cm³/mol. The zero-order chi connectivity index (χ0) is 9.84. The number of carbonyl (C=O) groups is 1. The number of methoxy groups -OCH3 is 1. The molecule has 2 atom stereocenters. The molecule has 1 aliphatic rings. The van der Waals surface area contributed by atoms with Crippen LogP contribution in [0.3, 0.4) is 0 Å². The summed E-state index contributed by atoms with van der Waals surface area (Å²) >= 11 is 3.19. The minimum absolute atomic E-state index is 0.122. The first-order valence-corrected chi connectivity index (χ1v) is 4.64. The van der Waals surface area contributed by atoms with E-state index < -0.39 is 12.0 Å². The molecule has 0 bridgehead atoms. The van der Waals surface area contributed by atoms with E-state index in [2.05, 4.69) is 25.8 Å². The number of oxime groups is 1. The topological polar surface area (TPSA) is 73.9 Å². The van der Waals surface area contributed by atoms with Crippen molar-refractivity contribution in [3.05, 3.63) is 0 Å². The minimum atomic E-state index is -0.636. The molecule has 2 N–H and O–H groups in total. The quantitative estimate of drug-likeness (QED) is 0.735. The number of rotatable bonds is 3. The normalized spacial score (nSPS) is 23.3. The van der Waals surface area contributed by atoms with Crippen LogP contribution in [0.15, 0.2) is 5.16 Å². The molecule has 0 saturated heterocycles. The number of carbonyl (C=O) groups excluding carboxylic acids is 1. The maximum Gasteiger partial charge on any atom is 0.322 e. The summed E-state index contributed by atoms with van der Waals surface area (Å²) < 4.78 is 5.23. The molecule has 13 heavy (non-hydrogen) atoms. The van der Waals surface area contributed by atoms with Gasteiger partial charge in [-0.15, -0.1) is 0 Å². The summed E-state index contributed by atoms with van der Waals surface area (Å²) in [6, 6.07) is -0.636. The molecule has 1 heterocycles.